The average molecular weight is 194 g/mol. The van der Waals surface area contributed by atoms with Crippen LogP contribution in [0.2, 0.25) is 0 Å². The molecule has 0 bridgehead atoms. The van der Waals surface area contributed by atoms with Crippen molar-refractivity contribution < 1.29 is 10.0 Å². The molecule has 14 heavy (non-hydrogen) atoms. The molecule has 0 radical (unpaired) electrons. The van der Waals surface area contributed by atoms with Crippen LogP contribution in [0.25, 0.3) is 0 Å². The van der Waals surface area contributed by atoms with Crippen LogP contribution in [0.1, 0.15) is 5.56 Å². The second-order valence-electron chi connectivity index (χ2n) is 2.58. The van der Waals surface area contributed by atoms with E-state index in [-0.39, 0.29) is 11.3 Å². The van der Waals surface area contributed by atoms with Crippen LogP contribution < -0.4 is 22.6 Å². The van der Waals surface area contributed by atoms with Gasteiger partial charge in [-0.15, -0.1) is 0 Å². The van der Waals surface area contributed by atoms with Gasteiger partial charge in [-0.2, -0.15) is 5.10 Å². The lowest BCUT2D eigenvalue weighted by Crippen LogP contribution is -2.41. The largest absolute Gasteiger partial charge is 0.489 e. The second kappa shape index (κ2) is 4.61. The molecule has 0 saturated carbocycles. The van der Waals surface area contributed by atoms with Crippen molar-refractivity contribution >= 4 is 18.4 Å². The summed E-state index contributed by atoms with van der Waals surface area (Å²) in [4.78, 5) is 0. The van der Waals surface area contributed by atoms with Gasteiger partial charge < -0.3 is 21.3 Å². The molecule has 0 atom stereocenters. The van der Waals surface area contributed by atoms with E-state index in [1.807, 2.05) is 0 Å². The molecular weight excluding hydrogens is 183 g/mol. The van der Waals surface area contributed by atoms with Gasteiger partial charge in [-0.3, -0.25) is 0 Å². The molecule has 0 aliphatic carbocycles. The summed E-state index contributed by atoms with van der Waals surface area (Å²) in [6, 6.07) is 6.55. The number of rotatable bonds is 2. The molecule has 0 spiro atoms. The highest BCUT2D eigenvalue weighted by atomic mass is 16.4. The fourth-order valence-corrected chi connectivity index (χ4v) is 1.12. The highest BCUT2D eigenvalue weighted by Crippen LogP contribution is 1.96. The van der Waals surface area contributed by atoms with E-state index in [0.717, 1.165) is 0 Å². The smallest absolute Gasteiger partial charge is 0.423 e. The van der Waals surface area contributed by atoms with Crippen molar-refractivity contribution in [1.29, 1.82) is 0 Å². The van der Waals surface area contributed by atoms with Crippen LogP contribution in [0.5, 0.6) is 0 Å². The van der Waals surface area contributed by atoms with Crippen molar-refractivity contribution in [3.8, 4) is 0 Å². The molecular formula is C7H11BN4O2. The van der Waals surface area contributed by atoms with Gasteiger partial charge in [0.1, 0.15) is 0 Å². The van der Waals surface area contributed by atoms with Gasteiger partial charge in [0.2, 0.25) is 0 Å². The summed E-state index contributed by atoms with van der Waals surface area (Å²) in [5, 5.41) is 21.4. The van der Waals surface area contributed by atoms with Gasteiger partial charge in [0, 0.05) is 5.56 Å². The lowest BCUT2D eigenvalue weighted by Gasteiger charge is -2.09. The van der Waals surface area contributed by atoms with Gasteiger partial charge in [0.05, 0.1) is 0 Å². The maximum atomic E-state index is 9.04. The van der Waals surface area contributed by atoms with Crippen LogP contribution in [0.4, 0.5) is 0 Å². The van der Waals surface area contributed by atoms with Crippen LogP contribution in [0, 0.1) is 0 Å². The van der Waals surface area contributed by atoms with Gasteiger partial charge in [-0.1, -0.05) is 24.3 Å². The first kappa shape index (κ1) is 10.5. The monoisotopic (exact) mass is 194 g/mol. The van der Waals surface area contributed by atoms with Crippen LogP contribution in [-0.4, -0.2) is 23.0 Å². The van der Waals surface area contributed by atoms with E-state index in [2.05, 4.69) is 10.5 Å². The summed E-state index contributed by atoms with van der Waals surface area (Å²) in [7, 11) is -1.59. The number of hydrogen-bond donors (Lipinski definition) is 5. The van der Waals surface area contributed by atoms with Gasteiger partial charge in [-0.05, 0) is 5.46 Å². The van der Waals surface area contributed by atoms with Gasteiger partial charge in [0.25, 0.3) is 0 Å². The van der Waals surface area contributed by atoms with E-state index in [0.29, 0.717) is 5.56 Å². The summed E-state index contributed by atoms with van der Waals surface area (Å²) in [6.07, 6.45) is 0. The molecule has 0 unspecified atom stereocenters. The van der Waals surface area contributed by atoms with Crippen LogP contribution >= 0.6 is 0 Å². The predicted molar refractivity (Wildman–Crippen MR) is 54.3 cm³/mol. The van der Waals surface area contributed by atoms with E-state index < -0.39 is 7.12 Å². The van der Waals surface area contributed by atoms with E-state index in [4.69, 9.17) is 21.7 Å². The first-order valence-electron chi connectivity index (χ1n) is 3.90. The van der Waals surface area contributed by atoms with Gasteiger partial charge in [0.15, 0.2) is 5.84 Å². The lowest BCUT2D eigenvalue weighted by atomic mass is 9.77. The van der Waals surface area contributed by atoms with Crippen LogP contribution in [-0.2, 0) is 0 Å². The van der Waals surface area contributed by atoms with Crippen molar-refractivity contribution in [3.05, 3.63) is 29.8 Å². The second-order valence-corrected chi connectivity index (χ2v) is 2.58. The normalized spacial score (nSPS) is 11.2. The standard InChI is InChI=1S/C7H11BN4O2/c9-11-7(12-10)5-3-1-2-4-6(5)8(13)14/h1-4,13-14H,9-10H2,(H,11,12). The van der Waals surface area contributed by atoms with Crippen molar-refractivity contribution in [2.45, 2.75) is 0 Å². The summed E-state index contributed by atoms with van der Waals surface area (Å²) in [5.41, 5.74) is 3.00. The Hall–Kier alpha value is -1.57. The molecule has 0 aromatic heterocycles. The molecule has 7 heteroatoms. The Kier molecular flexibility index (Phi) is 3.46. The molecule has 0 amide bonds. The summed E-state index contributed by atoms with van der Waals surface area (Å²) in [6.45, 7) is 0. The minimum atomic E-state index is -1.59. The number of nitrogens with two attached hydrogens (primary N) is 2. The number of hydrazine groups is 1. The summed E-state index contributed by atoms with van der Waals surface area (Å²) in [5.74, 6) is 10.4. The zero-order chi connectivity index (χ0) is 10.6. The predicted octanol–water partition coefficient (Wildman–Crippen LogP) is -2.55. The Labute approximate surface area is 81.3 Å². The molecule has 7 N–H and O–H groups in total. The number of amidine groups is 1. The van der Waals surface area contributed by atoms with Crippen molar-refractivity contribution in [2.75, 3.05) is 0 Å². The minimum Gasteiger partial charge on any atom is -0.423 e. The molecule has 74 valence electrons. The van der Waals surface area contributed by atoms with E-state index in [1.165, 1.54) is 0 Å². The van der Waals surface area contributed by atoms with Gasteiger partial charge in [-0.25, -0.2) is 5.84 Å². The Bertz CT molecular complexity index is 342. The van der Waals surface area contributed by atoms with E-state index in [1.54, 1.807) is 24.3 Å². The molecule has 1 aromatic rings. The Morgan fingerprint density at radius 3 is 2.50 bits per heavy atom. The molecule has 0 aliphatic heterocycles. The van der Waals surface area contributed by atoms with E-state index in [9.17, 15) is 0 Å². The number of hydrogen-bond acceptors (Lipinski definition) is 5. The average Bonchev–Trinajstić information content (AvgIpc) is 2.20. The van der Waals surface area contributed by atoms with Crippen molar-refractivity contribution in [1.82, 2.24) is 5.43 Å². The highest BCUT2D eigenvalue weighted by molar-refractivity contribution is 6.60. The zero-order valence-corrected chi connectivity index (χ0v) is 7.38. The highest BCUT2D eigenvalue weighted by Gasteiger charge is 2.17. The Morgan fingerprint density at radius 1 is 1.36 bits per heavy atom. The SMILES string of the molecule is N/N=C(\NN)c1ccccc1B(O)O. The fourth-order valence-electron chi connectivity index (χ4n) is 1.12. The van der Waals surface area contributed by atoms with Crippen molar-refractivity contribution in [3.63, 3.8) is 0 Å². The Morgan fingerprint density at radius 2 is 2.00 bits per heavy atom. The number of hydrazone groups is 1. The number of benzene rings is 1. The van der Waals surface area contributed by atoms with E-state index >= 15 is 0 Å². The first-order valence-corrected chi connectivity index (χ1v) is 3.90. The van der Waals surface area contributed by atoms with Crippen molar-refractivity contribution in [2.24, 2.45) is 16.8 Å². The van der Waals surface area contributed by atoms with Crippen LogP contribution in [0.3, 0.4) is 0 Å². The molecule has 6 nitrogen and oxygen atoms in total. The summed E-state index contributed by atoms with van der Waals surface area (Å²) >= 11 is 0. The third-order valence-electron chi connectivity index (χ3n) is 1.76. The molecule has 0 heterocycles. The number of nitrogens with zero attached hydrogens (tertiary/aromatic N) is 1. The van der Waals surface area contributed by atoms with Gasteiger partial charge >= 0.3 is 7.12 Å². The third-order valence-corrected chi connectivity index (χ3v) is 1.76. The minimum absolute atomic E-state index is 0.189. The fraction of sp³-hybridized carbons (Fsp3) is 0. The first-order chi connectivity index (χ1) is 6.70. The van der Waals surface area contributed by atoms with Crippen LogP contribution in [0.15, 0.2) is 29.4 Å². The Balaban J connectivity index is 3.19. The molecule has 1 rings (SSSR count). The zero-order valence-electron chi connectivity index (χ0n) is 7.38. The number of nitrogens with one attached hydrogen (secondary N) is 1. The lowest BCUT2D eigenvalue weighted by molar-refractivity contribution is 0.425. The quantitative estimate of drug-likeness (QED) is 0.117. The molecule has 0 fully saturated rings. The topological polar surface area (TPSA) is 117 Å². The summed E-state index contributed by atoms with van der Waals surface area (Å²) < 4.78 is 0. The third kappa shape index (κ3) is 2.02. The maximum absolute atomic E-state index is 9.04. The molecule has 1 aromatic carbocycles. The maximum Gasteiger partial charge on any atom is 0.489 e. The molecule has 0 aliphatic rings. The molecule has 0 saturated heterocycles.